The minimum atomic E-state index is 0.214. The fourth-order valence-corrected chi connectivity index (χ4v) is 2.68. The van der Waals surface area contributed by atoms with Gasteiger partial charge in [0.1, 0.15) is 0 Å². The molecule has 0 aromatic carbocycles. The lowest BCUT2D eigenvalue weighted by molar-refractivity contribution is 0.465. The van der Waals surface area contributed by atoms with Gasteiger partial charge in [0, 0.05) is 10.9 Å². The average molecular weight is 262 g/mol. The molecule has 0 spiro atoms. The Hall–Kier alpha value is 0.140. The summed E-state index contributed by atoms with van der Waals surface area (Å²) in [6.45, 7) is 4.46. The topological polar surface area (TPSA) is 26.0 Å². The van der Waals surface area contributed by atoms with Crippen molar-refractivity contribution in [1.29, 1.82) is 0 Å². The van der Waals surface area contributed by atoms with Crippen molar-refractivity contribution in [2.75, 3.05) is 0 Å². The predicted octanol–water partition coefficient (Wildman–Crippen LogP) is 3.95. The van der Waals surface area contributed by atoms with Crippen LogP contribution in [0.4, 0.5) is 0 Å². The number of rotatable bonds is 4. The van der Waals surface area contributed by atoms with Crippen LogP contribution in [-0.2, 0) is 0 Å². The van der Waals surface area contributed by atoms with Gasteiger partial charge in [0.2, 0.25) is 0 Å². The van der Waals surface area contributed by atoms with Crippen LogP contribution in [0.25, 0.3) is 0 Å². The fourth-order valence-electron chi connectivity index (χ4n) is 1.24. The van der Waals surface area contributed by atoms with Crippen LogP contribution in [0.3, 0.4) is 0 Å². The molecule has 0 amide bonds. The standard InChI is InChI=1S/C10H16BrNS/c1-3-7(2)6-8(12)9-4-5-10(11)13-9/h4-5,7-8H,3,6,12H2,1-2H3. The van der Waals surface area contributed by atoms with Gasteiger partial charge >= 0.3 is 0 Å². The third kappa shape index (κ3) is 3.41. The van der Waals surface area contributed by atoms with E-state index in [0.29, 0.717) is 0 Å². The van der Waals surface area contributed by atoms with E-state index >= 15 is 0 Å². The maximum absolute atomic E-state index is 6.07. The summed E-state index contributed by atoms with van der Waals surface area (Å²) in [6.07, 6.45) is 2.30. The van der Waals surface area contributed by atoms with E-state index < -0.39 is 0 Å². The number of hydrogen-bond donors (Lipinski definition) is 1. The number of halogens is 1. The van der Waals surface area contributed by atoms with E-state index in [0.717, 1.165) is 12.3 Å². The third-order valence-electron chi connectivity index (χ3n) is 2.31. The van der Waals surface area contributed by atoms with Gasteiger partial charge in [-0.25, -0.2) is 0 Å². The molecular weight excluding hydrogens is 246 g/mol. The molecule has 0 aliphatic carbocycles. The molecule has 2 N–H and O–H groups in total. The van der Waals surface area contributed by atoms with Crippen molar-refractivity contribution < 1.29 is 0 Å². The molecule has 0 saturated heterocycles. The summed E-state index contributed by atoms with van der Waals surface area (Å²) in [5.74, 6) is 0.718. The van der Waals surface area contributed by atoms with E-state index in [4.69, 9.17) is 5.73 Å². The molecule has 1 aromatic heterocycles. The zero-order valence-electron chi connectivity index (χ0n) is 8.09. The number of hydrogen-bond acceptors (Lipinski definition) is 2. The SMILES string of the molecule is CCC(C)CC(N)c1ccc(Br)s1. The second-order valence-corrected chi connectivity index (χ2v) is 5.99. The van der Waals surface area contributed by atoms with Crippen molar-refractivity contribution in [2.45, 2.75) is 32.7 Å². The van der Waals surface area contributed by atoms with E-state index in [1.807, 2.05) is 0 Å². The third-order valence-corrected chi connectivity index (χ3v) is 4.07. The van der Waals surface area contributed by atoms with Crippen LogP contribution in [0, 0.1) is 5.92 Å². The van der Waals surface area contributed by atoms with Crippen molar-refractivity contribution in [3.63, 3.8) is 0 Å². The van der Waals surface area contributed by atoms with E-state index in [-0.39, 0.29) is 6.04 Å². The molecule has 2 atom stereocenters. The first kappa shape index (κ1) is 11.2. The first-order valence-electron chi connectivity index (χ1n) is 4.64. The highest BCUT2D eigenvalue weighted by Gasteiger charge is 2.11. The molecule has 1 rings (SSSR count). The smallest absolute Gasteiger partial charge is 0.0701 e. The Morgan fingerprint density at radius 1 is 1.54 bits per heavy atom. The Labute approximate surface area is 92.5 Å². The zero-order chi connectivity index (χ0) is 9.84. The van der Waals surface area contributed by atoms with Gasteiger partial charge in [0.15, 0.2) is 0 Å². The lowest BCUT2D eigenvalue weighted by Gasteiger charge is -2.13. The van der Waals surface area contributed by atoms with Crippen molar-refractivity contribution in [2.24, 2.45) is 11.7 Å². The van der Waals surface area contributed by atoms with Crippen molar-refractivity contribution in [3.8, 4) is 0 Å². The predicted molar refractivity (Wildman–Crippen MR) is 63.0 cm³/mol. The van der Waals surface area contributed by atoms with Crippen LogP contribution in [-0.4, -0.2) is 0 Å². The fraction of sp³-hybridized carbons (Fsp3) is 0.600. The highest BCUT2D eigenvalue weighted by Crippen LogP contribution is 2.29. The van der Waals surface area contributed by atoms with E-state index in [2.05, 4.69) is 41.9 Å². The molecule has 1 aromatic rings. The number of nitrogens with two attached hydrogens (primary N) is 1. The summed E-state index contributed by atoms with van der Waals surface area (Å²) in [6, 6.07) is 4.39. The number of thiophene rings is 1. The van der Waals surface area contributed by atoms with Gasteiger partial charge in [-0.05, 0) is 40.4 Å². The molecule has 2 unspecified atom stereocenters. The Kier molecular flexibility index (Phi) is 4.42. The van der Waals surface area contributed by atoms with Crippen LogP contribution in [0.15, 0.2) is 15.9 Å². The lowest BCUT2D eigenvalue weighted by atomic mass is 9.99. The largest absolute Gasteiger partial charge is 0.323 e. The summed E-state index contributed by atoms with van der Waals surface area (Å²) in [7, 11) is 0. The van der Waals surface area contributed by atoms with Crippen LogP contribution in [0.2, 0.25) is 0 Å². The maximum Gasteiger partial charge on any atom is 0.0701 e. The van der Waals surface area contributed by atoms with Gasteiger partial charge in [0.05, 0.1) is 3.79 Å². The van der Waals surface area contributed by atoms with Crippen LogP contribution in [0.5, 0.6) is 0 Å². The second kappa shape index (κ2) is 5.13. The van der Waals surface area contributed by atoms with Crippen LogP contribution >= 0.6 is 27.3 Å². The Bertz CT molecular complexity index is 259. The minimum Gasteiger partial charge on any atom is -0.323 e. The summed E-state index contributed by atoms with van der Waals surface area (Å²) < 4.78 is 1.17. The van der Waals surface area contributed by atoms with E-state index in [1.54, 1.807) is 11.3 Å². The first-order chi connectivity index (χ1) is 6.13. The Balaban J connectivity index is 2.53. The van der Waals surface area contributed by atoms with Crippen LogP contribution in [0.1, 0.15) is 37.6 Å². The molecule has 3 heteroatoms. The summed E-state index contributed by atoms with van der Waals surface area (Å²) in [4.78, 5) is 1.28. The van der Waals surface area contributed by atoms with Gasteiger partial charge < -0.3 is 5.73 Å². The van der Waals surface area contributed by atoms with Crippen molar-refractivity contribution >= 4 is 27.3 Å². The molecule has 0 radical (unpaired) electrons. The maximum atomic E-state index is 6.07. The Morgan fingerprint density at radius 3 is 2.69 bits per heavy atom. The molecular formula is C10H16BrNS. The van der Waals surface area contributed by atoms with Gasteiger partial charge in [-0.15, -0.1) is 11.3 Å². The van der Waals surface area contributed by atoms with Gasteiger partial charge in [0.25, 0.3) is 0 Å². The monoisotopic (exact) mass is 261 g/mol. The van der Waals surface area contributed by atoms with E-state index in [1.165, 1.54) is 15.1 Å². The molecule has 0 bridgehead atoms. The molecule has 0 fully saturated rings. The summed E-state index contributed by atoms with van der Waals surface area (Å²) in [5.41, 5.74) is 6.07. The molecule has 1 heterocycles. The molecule has 0 aliphatic rings. The second-order valence-electron chi connectivity index (χ2n) is 3.50. The van der Waals surface area contributed by atoms with E-state index in [9.17, 15) is 0 Å². The van der Waals surface area contributed by atoms with Crippen LogP contribution < -0.4 is 5.73 Å². The molecule has 74 valence electrons. The highest BCUT2D eigenvalue weighted by atomic mass is 79.9. The summed E-state index contributed by atoms with van der Waals surface area (Å²) in [5, 5.41) is 0. The minimum absolute atomic E-state index is 0.214. The average Bonchev–Trinajstić information content (AvgIpc) is 2.51. The van der Waals surface area contributed by atoms with Gasteiger partial charge in [-0.1, -0.05) is 20.3 Å². The molecule has 0 aliphatic heterocycles. The van der Waals surface area contributed by atoms with Crippen molar-refractivity contribution in [1.82, 2.24) is 0 Å². The first-order valence-corrected chi connectivity index (χ1v) is 6.25. The van der Waals surface area contributed by atoms with Gasteiger partial charge in [-0.3, -0.25) is 0 Å². The zero-order valence-corrected chi connectivity index (χ0v) is 10.5. The Morgan fingerprint density at radius 2 is 2.23 bits per heavy atom. The molecule has 13 heavy (non-hydrogen) atoms. The highest BCUT2D eigenvalue weighted by molar-refractivity contribution is 9.11. The molecule has 0 saturated carbocycles. The normalized spacial score (nSPS) is 15.7. The lowest BCUT2D eigenvalue weighted by Crippen LogP contribution is -2.12. The summed E-state index contributed by atoms with van der Waals surface area (Å²) >= 11 is 5.19. The van der Waals surface area contributed by atoms with Gasteiger partial charge in [-0.2, -0.15) is 0 Å². The van der Waals surface area contributed by atoms with Crippen molar-refractivity contribution in [3.05, 3.63) is 20.8 Å². The quantitative estimate of drug-likeness (QED) is 0.873. The molecule has 1 nitrogen and oxygen atoms in total.